The molecule has 0 N–H and O–H groups in total. The van der Waals surface area contributed by atoms with Crippen LogP contribution in [0.3, 0.4) is 0 Å². The first-order valence-corrected chi connectivity index (χ1v) is 7.71. The highest BCUT2D eigenvalue weighted by Gasteiger charge is 2.13. The number of allylic oxidation sites excluding steroid dienone is 1. The van der Waals surface area contributed by atoms with Crippen LogP contribution in [0.15, 0.2) is 70.7 Å². The van der Waals surface area contributed by atoms with Crippen molar-refractivity contribution in [3.05, 3.63) is 71.8 Å². The Kier molecular flexibility index (Phi) is 5.07. The van der Waals surface area contributed by atoms with Gasteiger partial charge in [-0.1, -0.05) is 41.6 Å². The van der Waals surface area contributed by atoms with Gasteiger partial charge in [0.2, 0.25) is 0 Å². The Hall–Kier alpha value is -2.91. The van der Waals surface area contributed by atoms with E-state index in [0.717, 1.165) is 5.56 Å². The first-order valence-electron chi connectivity index (χ1n) is 6.31. The minimum atomic E-state index is -3.88. The van der Waals surface area contributed by atoms with Gasteiger partial charge >= 0.3 is 10.1 Å². The van der Waals surface area contributed by atoms with Crippen LogP contribution in [0.25, 0.3) is 6.08 Å². The topological polar surface area (TPSA) is 79.5 Å². The Morgan fingerprint density at radius 1 is 1.05 bits per heavy atom. The second-order valence-corrected chi connectivity index (χ2v) is 5.72. The van der Waals surface area contributed by atoms with E-state index in [1.807, 2.05) is 6.07 Å². The van der Waals surface area contributed by atoms with Crippen LogP contribution in [0.4, 0.5) is 0 Å². The van der Waals surface area contributed by atoms with Gasteiger partial charge in [0.15, 0.2) is 0 Å². The van der Waals surface area contributed by atoms with Crippen molar-refractivity contribution in [2.45, 2.75) is 4.90 Å². The van der Waals surface area contributed by atoms with Gasteiger partial charge in [-0.15, -0.1) is 0 Å². The van der Waals surface area contributed by atoms with E-state index in [-0.39, 0.29) is 4.90 Å². The summed E-state index contributed by atoms with van der Waals surface area (Å²) >= 11 is 0. The molecule has 0 saturated carbocycles. The molecule has 0 aliphatic rings. The number of oxime groups is 1. The maximum atomic E-state index is 11.7. The summed E-state index contributed by atoms with van der Waals surface area (Å²) in [4.78, 5) is 0.0446. The molecule has 0 heterocycles. The summed E-state index contributed by atoms with van der Waals surface area (Å²) in [6.45, 7) is 0. The van der Waals surface area contributed by atoms with Crippen molar-refractivity contribution < 1.29 is 12.7 Å². The molecular formula is C16H12N2O3S. The number of rotatable bonds is 5. The first kappa shape index (κ1) is 15.5. The van der Waals surface area contributed by atoms with E-state index in [1.54, 1.807) is 54.6 Å². The van der Waals surface area contributed by atoms with Crippen molar-refractivity contribution >= 4 is 22.4 Å². The van der Waals surface area contributed by atoms with E-state index in [4.69, 9.17) is 5.26 Å². The smallest absolute Gasteiger partial charge is 0.265 e. The van der Waals surface area contributed by atoms with E-state index in [9.17, 15) is 8.42 Å². The fourth-order valence-electron chi connectivity index (χ4n) is 1.57. The molecule has 0 bridgehead atoms. The van der Waals surface area contributed by atoms with Gasteiger partial charge in [-0.25, -0.2) is 0 Å². The van der Waals surface area contributed by atoms with Gasteiger partial charge in [0.05, 0.1) is 17.8 Å². The number of hydrogen-bond donors (Lipinski definition) is 0. The lowest BCUT2D eigenvalue weighted by Gasteiger charge is -1.99. The zero-order valence-electron chi connectivity index (χ0n) is 11.5. The fourth-order valence-corrected chi connectivity index (χ4v) is 2.31. The molecule has 0 fully saturated rings. The predicted octanol–water partition coefficient (Wildman–Crippen LogP) is 2.96. The molecule has 0 aliphatic heterocycles. The summed E-state index contributed by atoms with van der Waals surface area (Å²) in [5, 5.41) is 12.1. The molecule has 5 nitrogen and oxygen atoms in total. The maximum absolute atomic E-state index is 11.7. The van der Waals surface area contributed by atoms with Gasteiger partial charge < -0.3 is 0 Å². The van der Waals surface area contributed by atoms with Crippen LogP contribution in [-0.4, -0.2) is 14.6 Å². The number of nitrogens with zero attached hydrogens (tertiary/aromatic N) is 2. The molecule has 0 radical (unpaired) electrons. The molecule has 0 amide bonds. The van der Waals surface area contributed by atoms with Crippen LogP contribution in [0, 0.1) is 11.3 Å². The minimum absolute atomic E-state index is 0.0446. The molecule has 2 aromatic carbocycles. The standard InChI is InChI=1S/C16H12N2O3S/c17-13-15-10-8-14(9-11-15)5-4-12-18-21-22(19,20)16-6-2-1-3-7-16/h1-12H/b5-4+,18-12+. The lowest BCUT2D eigenvalue weighted by Crippen LogP contribution is -2.01. The average Bonchev–Trinajstić information content (AvgIpc) is 2.56. The molecule has 0 saturated heterocycles. The Bertz CT molecular complexity index is 818. The zero-order chi connectivity index (χ0) is 15.8. The maximum Gasteiger partial charge on any atom is 0.358 e. The molecule has 6 heteroatoms. The highest BCUT2D eigenvalue weighted by Crippen LogP contribution is 2.11. The summed E-state index contributed by atoms with van der Waals surface area (Å²) in [6.07, 6.45) is 4.49. The Labute approximate surface area is 128 Å². The van der Waals surface area contributed by atoms with Gasteiger partial charge in [-0.3, -0.25) is 4.28 Å². The minimum Gasteiger partial charge on any atom is -0.265 e. The van der Waals surface area contributed by atoms with E-state index < -0.39 is 10.1 Å². The van der Waals surface area contributed by atoms with Crippen molar-refractivity contribution in [1.82, 2.24) is 0 Å². The molecule has 2 rings (SSSR count). The fraction of sp³-hybridized carbons (Fsp3) is 0. The van der Waals surface area contributed by atoms with E-state index in [2.05, 4.69) is 9.44 Å². The quantitative estimate of drug-likeness (QED) is 0.628. The Balaban J connectivity index is 1.95. The summed E-state index contributed by atoms with van der Waals surface area (Å²) in [7, 11) is -3.88. The molecule has 22 heavy (non-hydrogen) atoms. The van der Waals surface area contributed by atoms with Crippen molar-refractivity contribution in [2.24, 2.45) is 5.16 Å². The molecule has 0 aliphatic carbocycles. The van der Waals surface area contributed by atoms with Crippen molar-refractivity contribution in [3.8, 4) is 6.07 Å². The first-order chi connectivity index (χ1) is 10.6. The lowest BCUT2D eigenvalue weighted by atomic mass is 10.1. The monoisotopic (exact) mass is 312 g/mol. The predicted molar refractivity (Wildman–Crippen MR) is 83.4 cm³/mol. The molecular weight excluding hydrogens is 300 g/mol. The molecule has 0 atom stereocenters. The van der Waals surface area contributed by atoms with Gasteiger partial charge in [0, 0.05) is 0 Å². The van der Waals surface area contributed by atoms with Gasteiger partial charge in [0.25, 0.3) is 0 Å². The molecule has 0 spiro atoms. The molecule has 0 unspecified atom stereocenters. The third kappa shape index (κ3) is 4.30. The summed E-state index contributed by atoms with van der Waals surface area (Å²) in [5.74, 6) is 0. The number of benzene rings is 2. The third-order valence-corrected chi connectivity index (χ3v) is 3.78. The van der Waals surface area contributed by atoms with E-state index in [0.29, 0.717) is 5.56 Å². The van der Waals surface area contributed by atoms with E-state index in [1.165, 1.54) is 18.3 Å². The highest BCUT2D eigenvalue weighted by atomic mass is 32.2. The largest absolute Gasteiger partial charge is 0.358 e. The molecule has 2 aromatic rings. The van der Waals surface area contributed by atoms with Crippen molar-refractivity contribution in [1.29, 1.82) is 5.26 Å². The second-order valence-electron chi connectivity index (χ2n) is 4.19. The van der Waals surface area contributed by atoms with Crippen LogP contribution >= 0.6 is 0 Å². The number of nitriles is 1. The van der Waals surface area contributed by atoms with Crippen molar-refractivity contribution in [3.63, 3.8) is 0 Å². The van der Waals surface area contributed by atoms with Crippen LogP contribution in [-0.2, 0) is 14.4 Å². The number of hydrogen-bond acceptors (Lipinski definition) is 5. The van der Waals surface area contributed by atoms with E-state index >= 15 is 0 Å². The zero-order valence-corrected chi connectivity index (χ0v) is 12.3. The summed E-state index contributed by atoms with van der Waals surface area (Å²) in [5.41, 5.74) is 1.43. The van der Waals surface area contributed by atoms with Gasteiger partial charge in [-0.05, 0) is 35.9 Å². The van der Waals surface area contributed by atoms with Gasteiger partial charge in [-0.2, -0.15) is 13.7 Å². The molecule has 0 aromatic heterocycles. The molecule has 110 valence electrons. The second kappa shape index (κ2) is 7.20. The summed E-state index contributed by atoms with van der Waals surface area (Å²) in [6, 6.07) is 16.7. The average molecular weight is 312 g/mol. The third-order valence-electron chi connectivity index (χ3n) is 2.65. The van der Waals surface area contributed by atoms with Crippen molar-refractivity contribution in [2.75, 3.05) is 0 Å². The van der Waals surface area contributed by atoms with Crippen LogP contribution in [0.1, 0.15) is 11.1 Å². The van der Waals surface area contributed by atoms with Crippen LogP contribution in [0.5, 0.6) is 0 Å². The highest BCUT2D eigenvalue weighted by molar-refractivity contribution is 7.86. The Morgan fingerprint density at radius 2 is 1.73 bits per heavy atom. The lowest BCUT2D eigenvalue weighted by molar-refractivity contribution is 0.341. The summed E-state index contributed by atoms with van der Waals surface area (Å²) < 4.78 is 28.0. The SMILES string of the molecule is N#Cc1ccc(/C=C/C=N/OS(=O)(=O)c2ccccc2)cc1. The van der Waals surface area contributed by atoms with Crippen LogP contribution in [0.2, 0.25) is 0 Å². The van der Waals surface area contributed by atoms with Crippen LogP contribution < -0.4 is 0 Å². The normalized spacial score (nSPS) is 11.6. The Morgan fingerprint density at radius 3 is 2.36 bits per heavy atom. The van der Waals surface area contributed by atoms with Gasteiger partial charge in [0.1, 0.15) is 4.90 Å².